The molecule has 1 atom stereocenters. The van der Waals surface area contributed by atoms with Crippen molar-refractivity contribution in [2.45, 2.75) is 12.0 Å². The molecule has 1 heterocycles. The first-order valence-corrected chi connectivity index (χ1v) is 6.99. The number of thiol groups is 1. The quantitative estimate of drug-likeness (QED) is 0.738. The molecule has 2 aromatic rings. The minimum atomic E-state index is -1.48. The number of halogens is 1. The molecule has 2 rings (SSSR count). The number of nitrogens with two attached hydrogens (primary N) is 1. The molecule has 1 aromatic carbocycles. The summed E-state index contributed by atoms with van der Waals surface area (Å²) in [5.41, 5.74) is 4.51. The lowest BCUT2D eigenvalue weighted by Crippen LogP contribution is -2.36. The van der Waals surface area contributed by atoms with Crippen molar-refractivity contribution in [1.29, 1.82) is 0 Å². The fraction of sp³-hybridized carbons (Fsp3) is 0.200. The van der Waals surface area contributed by atoms with Gasteiger partial charge in [0.1, 0.15) is 11.4 Å². The summed E-state index contributed by atoms with van der Waals surface area (Å²) in [7, 11) is 0. The van der Waals surface area contributed by atoms with Crippen molar-refractivity contribution in [1.82, 2.24) is 9.29 Å². The van der Waals surface area contributed by atoms with Crippen LogP contribution in [0.15, 0.2) is 48.7 Å². The molecule has 0 aliphatic heterocycles. The number of aromatic nitrogens is 1. The number of primary amides is 1. The Labute approximate surface area is 133 Å². The first-order chi connectivity index (χ1) is 10.4. The average molecular weight is 321 g/mol. The molecule has 5 nitrogen and oxygen atoms in total. The molecule has 1 unspecified atom stereocenters. The Kier molecular flexibility index (Phi) is 4.99. The predicted molar refractivity (Wildman–Crippen MR) is 83.5 cm³/mol. The molecule has 0 saturated carbocycles. The molecule has 116 valence electrons. The van der Waals surface area contributed by atoms with Crippen molar-refractivity contribution < 1.29 is 14.3 Å². The molecule has 1 aromatic heterocycles. The fourth-order valence-electron chi connectivity index (χ4n) is 2.13. The van der Waals surface area contributed by atoms with Crippen LogP contribution in [-0.4, -0.2) is 27.0 Å². The third-order valence-corrected chi connectivity index (χ3v) is 3.75. The van der Waals surface area contributed by atoms with Crippen LogP contribution in [0.2, 0.25) is 0 Å². The van der Waals surface area contributed by atoms with Gasteiger partial charge in [-0.25, -0.2) is 9.18 Å². The van der Waals surface area contributed by atoms with E-state index in [4.69, 9.17) is 5.73 Å². The standard InChI is InChI=1S/C15H16FN3O2S/c16-12-6-4-11(5-7-12)15(21,8-10-19(22)14(17)20)13-3-1-2-9-18-13/h1-7,9,21-22H,8,10H2,(H2,17,20). The van der Waals surface area contributed by atoms with E-state index >= 15 is 0 Å². The SMILES string of the molecule is NC(=O)N(S)CCC(O)(c1ccc(F)cc1)c1ccccn1. The Morgan fingerprint density at radius 1 is 1.32 bits per heavy atom. The van der Waals surface area contributed by atoms with Crippen LogP contribution in [0.5, 0.6) is 0 Å². The van der Waals surface area contributed by atoms with E-state index in [1.54, 1.807) is 24.4 Å². The van der Waals surface area contributed by atoms with Crippen molar-refractivity contribution in [2.24, 2.45) is 5.73 Å². The number of hydrogen-bond acceptors (Lipinski definition) is 4. The third-order valence-electron chi connectivity index (χ3n) is 3.35. The topological polar surface area (TPSA) is 79.5 Å². The summed E-state index contributed by atoms with van der Waals surface area (Å²) in [6.45, 7) is 0.100. The number of pyridine rings is 1. The van der Waals surface area contributed by atoms with Crippen LogP contribution in [0.3, 0.4) is 0 Å². The van der Waals surface area contributed by atoms with Gasteiger partial charge in [0, 0.05) is 19.2 Å². The molecule has 0 aliphatic carbocycles. The van der Waals surface area contributed by atoms with Gasteiger partial charge in [-0.3, -0.25) is 9.29 Å². The first kappa shape index (κ1) is 16.3. The number of rotatable bonds is 5. The summed E-state index contributed by atoms with van der Waals surface area (Å²) in [5.74, 6) is -0.403. The highest BCUT2D eigenvalue weighted by atomic mass is 32.1. The zero-order chi connectivity index (χ0) is 16.2. The van der Waals surface area contributed by atoms with Gasteiger partial charge in [0.2, 0.25) is 0 Å². The van der Waals surface area contributed by atoms with E-state index in [2.05, 4.69) is 17.8 Å². The van der Waals surface area contributed by atoms with Crippen LogP contribution in [0.1, 0.15) is 17.7 Å². The van der Waals surface area contributed by atoms with Crippen LogP contribution >= 0.6 is 12.8 Å². The number of benzene rings is 1. The maximum atomic E-state index is 13.1. The van der Waals surface area contributed by atoms with Crippen LogP contribution in [0.4, 0.5) is 9.18 Å². The van der Waals surface area contributed by atoms with Crippen LogP contribution in [0, 0.1) is 5.82 Å². The molecule has 0 spiro atoms. The van der Waals surface area contributed by atoms with Gasteiger partial charge in [-0.1, -0.05) is 31.0 Å². The number of nitrogens with zero attached hydrogens (tertiary/aromatic N) is 2. The molecule has 0 aliphatic rings. The molecule has 2 amide bonds. The van der Waals surface area contributed by atoms with Crippen molar-refractivity contribution in [2.75, 3.05) is 6.54 Å². The maximum absolute atomic E-state index is 13.1. The molecule has 7 heteroatoms. The Bertz CT molecular complexity index is 639. The second-order valence-electron chi connectivity index (χ2n) is 4.79. The number of urea groups is 1. The van der Waals surface area contributed by atoms with E-state index in [0.717, 1.165) is 4.31 Å². The zero-order valence-electron chi connectivity index (χ0n) is 11.7. The van der Waals surface area contributed by atoms with E-state index in [1.165, 1.54) is 24.3 Å². The van der Waals surface area contributed by atoms with E-state index in [0.29, 0.717) is 11.3 Å². The lowest BCUT2D eigenvalue weighted by atomic mass is 9.86. The Morgan fingerprint density at radius 3 is 2.55 bits per heavy atom. The van der Waals surface area contributed by atoms with Crippen LogP contribution < -0.4 is 5.73 Å². The van der Waals surface area contributed by atoms with Crippen LogP contribution in [0.25, 0.3) is 0 Å². The lowest BCUT2D eigenvalue weighted by molar-refractivity contribution is 0.0635. The van der Waals surface area contributed by atoms with E-state index in [1.807, 2.05) is 0 Å². The second-order valence-corrected chi connectivity index (χ2v) is 5.28. The molecular weight excluding hydrogens is 305 g/mol. The lowest BCUT2D eigenvalue weighted by Gasteiger charge is -2.29. The average Bonchev–Trinajstić information content (AvgIpc) is 2.53. The molecular formula is C15H16FN3O2S. The smallest absolute Gasteiger partial charge is 0.324 e. The Hall–Kier alpha value is -2.12. The third kappa shape index (κ3) is 3.55. The van der Waals surface area contributed by atoms with Crippen molar-refractivity contribution in [3.05, 3.63) is 65.7 Å². The Balaban J connectivity index is 2.36. The van der Waals surface area contributed by atoms with Crippen LogP contribution in [-0.2, 0) is 5.60 Å². The largest absolute Gasteiger partial charge is 0.379 e. The van der Waals surface area contributed by atoms with Gasteiger partial charge < -0.3 is 10.8 Å². The molecule has 3 N–H and O–H groups in total. The number of amides is 2. The monoisotopic (exact) mass is 321 g/mol. The molecule has 0 bridgehead atoms. The number of aliphatic hydroxyl groups is 1. The summed E-state index contributed by atoms with van der Waals surface area (Å²) >= 11 is 3.95. The maximum Gasteiger partial charge on any atom is 0.324 e. The number of carbonyl (C=O) groups excluding carboxylic acids is 1. The molecule has 0 saturated heterocycles. The minimum absolute atomic E-state index is 0.100. The summed E-state index contributed by atoms with van der Waals surface area (Å²) in [6.07, 6.45) is 1.67. The van der Waals surface area contributed by atoms with Gasteiger partial charge in [0.25, 0.3) is 0 Å². The summed E-state index contributed by atoms with van der Waals surface area (Å²) in [4.78, 5) is 15.2. The van der Waals surface area contributed by atoms with Gasteiger partial charge in [-0.15, -0.1) is 0 Å². The summed E-state index contributed by atoms with van der Waals surface area (Å²) in [5, 5.41) is 11.1. The Morgan fingerprint density at radius 2 is 2.00 bits per heavy atom. The van der Waals surface area contributed by atoms with E-state index < -0.39 is 17.4 Å². The predicted octanol–water partition coefficient (Wildman–Crippen LogP) is 2.07. The normalized spacial score (nSPS) is 13.4. The highest BCUT2D eigenvalue weighted by Crippen LogP contribution is 2.32. The number of hydrogen-bond donors (Lipinski definition) is 3. The van der Waals surface area contributed by atoms with Crippen molar-refractivity contribution in [3.63, 3.8) is 0 Å². The highest BCUT2D eigenvalue weighted by molar-refractivity contribution is 7.78. The van der Waals surface area contributed by atoms with E-state index in [9.17, 15) is 14.3 Å². The van der Waals surface area contributed by atoms with Gasteiger partial charge in [0.15, 0.2) is 0 Å². The summed E-state index contributed by atoms with van der Waals surface area (Å²) < 4.78 is 14.1. The minimum Gasteiger partial charge on any atom is -0.379 e. The molecule has 0 fully saturated rings. The fourth-order valence-corrected chi connectivity index (χ4v) is 2.23. The number of carbonyl (C=O) groups is 1. The van der Waals surface area contributed by atoms with Gasteiger partial charge in [-0.05, 0) is 29.8 Å². The molecule has 0 radical (unpaired) electrons. The van der Waals surface area contributed by atoms with Crippen molar-refractivity contribution >= 4 is 18.8 Å². The summed E-state index contributed by atoms with van der Waals surface area (Å²) in [6, 6.07) is 9.90. The van der Waals surface area contributed by atoms with Crippen molar-refractivity contribution in [3.8, 4) is 0 Å². The zero-order valence-corrected chi connectivity index (χ0v) is 12.6. The van der Waals surface area contributed by atoms with Gasteiger partial charge in [0.05, 0.1) is 5.69 Å². The second kappa shape index (κ2) is 6.76. The van der Waals surface area contributed by atoms with E-state index in [-0.39, 0.29) is 13.0 Å². The van der Waals surface area contributed by atoms with Gasteiger partial charge in [-0.2, -0.15) is 0 Å². The highest BCUT2D eigenvalue weighted by Gasteiger charge is 2.33. The molecule has 22 heavy (non-hydrogen) atoms. The van der Waals surface area contributed by atoms with Gasteiger partial charge >= 0.3 is 6.03 Å². The first-order valence-electron chi connectivity index (χ1n) is 6.59.